The van der Waals surface area contributed by atoms with Crippen molar-refractivity contribution in [1.82, 2.24) is 0 Å². The third-order valence-corrected chi connectivity index (χ3v) is 6.13. The first kappa shape index (κ1) is 13.7. The Morgan fingerprint density at radius 2 is 1.60 bits per heavy atom. The van der Waals surface area contributed by atoms with Gasteiger partial charge in [0.2, 0.25) is 0 Å². The van der Waals surface area contributed by atoms with Crippen molar-refractivity contribution in [3.63, 3.8) is 0 Å². The van der Waals surface area contributed by atoms with Crippen molar-refractivity contribution in [2.45, 2.75) is 37.0 Å². The molecule has 0 spiro atoms. The molecule has 4 aliphatic rings. The van der Waals surface area contributed by atoms with Gasteiger partial charge in [-0.1, -0.05) is 0 Å². The average Bonchev–Trinajstić information content (AvgIpc) is 3.32. The Morgan fingerprint density at radius 3 is 2.00 bits per heavy atom. The summed E-state index contributed by atoms with van der Waals surface area (Å²) in [6.45, 7) is 4.91. The van der Waals surface area contributed by atoms with Crippen LogP contribution in [0.5, 0.6) is 0 Å². The zero-order valence-corrected chi connectivity index (χ0v) is 12.9. The minimum atomic E-state index is 0.234. The van der Waals surface area contributed by atoms with E-state index in [2.05, 4.69) is 10.2 Å². The van der Waals surface area contributed by atoms with Gasteiger partial charge in [-0.2, -0.15) is 0 Å². The van der Waals surface area contributed by atoms with Crippen molar-refractivity contribution in [3.8, 4) is 0 Å². The lowest BCUT2D eigenvalue weighted by Gasteiger charge is -2.39. The Bertz CT molecular complexity index is 336. The first-order chi connectivity index (χ1) is 9.75. The summed E-state index contributed by atoms with van der Waals surface area (Å²) in [7, 11) is 3.88. The molecule has 3 radical (unpaired) electrons. The fourth-order valence-corrected chi connectivity index (χ4v) is 4.59. The zero-order chi connectivity index (χ0) is 13.6. The highest BCUT2D eigenvalue weighted by molar-refractivity contribution is 6.12. The van der Waals surface area contributed by atoms with Gasteiger partial charge in [-0.25, -0.2) is 0 Å². The van der Waals surface area contributed by atoms with E-state index in [1.54, 1.807) is 0 Å². The van der Waals surface area contributed by atoms with E-state index in [1.165, 1.54) is 19.3 Å². The summed E-state index contributed by atoms with van der Waals surface area (Å²) < 4.78 is 22.4. The second-order valence-electron chi connectivity index (χ2n) is 7.04. The number of epoxide rings is 2. The lowest BCUT2D eigenvalue weighted by atomic mass is 9.74. The molecule has 4 nitrogen and oxygen atoms in total. The molecule has 0 aromatic heterocycles. The maximum Gasteiger partial charge on any atom is 0.104 e. The molecule has 20 heavy (non-hydrogen) atoms. The van der Waals surface area contributed by atoms with Crippen LogP contribution in [0, 0.1) is 17.3 Å². The molecule has 4 rings (SSSR count). The zero-order valence-electron chi connectivity index (χ0n) is 11.9. The highest BCUT2D eigenvalue weighted by atomic mass is 28.1. The van der Waals surface area contributed by atoms with E-state index in [-0.39, 0.29) is 5.41 Å². The quantitative estimate of drug-likeness (QED) is 0.498. The molecule has 4 fully saturated rings. The summed E-state index contributed by atoms with van der Waals surface area (Å²) in [5.74, 6) is 1.55. The minimum absolute atomic E-state index is 0.234. The predicted molar refractivity (Wildman–Crippen MR) is 73.9 cm³/mol. The first-order valence-electron chi connectivity index (χ1n) is 7.85. The van der Waals surface area contributed by atoms with E-state index in [0.29, 0.717) is 17.7 Å². The molecule has 5 unspecified atom stereocenters. The molecular weight excluding hydrogens is 272 g/mol. The molecule has 0 aromatic rings. The Morgan fingerprint density at radius 1 is 1.00 bits per heavy atom. The molecule has 111 valence electrons. The first-order valence-corrected chi connectivity index (χ1v) is 8.43. The van der Waals surface area contributed by atoms with Gasteiger partial charge in [-0.15, -0.1) is 0 Å². The fraction of sp³-hybridized carbons (Fsp3) is 1.00. The smallest absolute Gasteiger partial charge is 0.104 e. The number of ether oxygens (including phenoxy) is 4. The standard InChI is InChI=1S/C15H23O4Si/c20-14-2-11-1-10(14)3-15(11,8-16-4-12-6-18-12)9-17-5-13-7-19-13/h10-14H,1-9H2. The van der Waals surface area contributed by atoms with Crippen LogP contribution in [0.25, 0.3) is 0 Å². The largest absolute Gasteiger partial charge is 0.378 e. The van der Waals surface area contributed by atoms with E-state index in [1.807, 2.05) is 0 Å². The van der Waals surface area contributed by atoms with Gasteiger partial charge >= 0.3 is 0 Å². The summed E-state index contributed by atoms with van der Waals surface area (Å²) in [5, 5.41) is 0. The van der Waals surface area contributed by atoms with Gasteiger partial charge in [0.1, 0.15) is 12.2 Å². The maximum absolute atomic E-state index is 5.95. The Hall–Kier alpha value is 0.0569. The third-order valence-electron chi connectivity index (χ3n) is 5.42. The lowest BCUT2D eigenvalue weighted by molar-refractivity contribution is -0.0569. The van der Waals surface area contributed by atoms with Gasteiger partial charge in [-0.05, 0) is 36.6 Å². The van der Waals surface area contributed by atoms with E-state index < -0.39 is 0 Å². The molecule has 2 saturated heterocycles. The predicted octanol–water partition coefficient (Wildman–Crippen LogP) is 1.19. The summed E-state index contributed by atoms with van der Waals surface area (Å²) in [5.41, 5.74) is 0.934. The van der Waals surface area contributed by atoms with Gasteiger partial charge < -0.3 is 18.9 Å². The summed E-state index contributed by atoms with van der Waals surface area (Å²) in [6, 6.07) is 0. The molecular formula is C15H23O4Si. The second kappa shape index (κ2) is 5.36. The van der Waals surface area contributed by atoms with Crippen LogP contribution in [0.1, 0.15) is 19.3 Å². The van der Waals surface area contributed by atoms with Crippen molar-refractivity contribution in [2.75, 3.05) is 39.6 Å². The monoisotopic (exact) mass is 295 g/mol. The van der Waals surface area contributed by atoms with Crippen LogP contribution in [0.3, 0.4) is 0 Å². The molecule has 5 heteroatoms. The van der Waals surface area contributed by atoms with Crippen LogP contribution < -0.4 is 0 Å². The van der Waals surface area contributed by atoms with Gasteiger partial charge in [0.25, 0.3) is 0 Å². The van der Waals surface area contributed by atoms with Crippen LogP contribution >= 0.6 is 0 Å². The van der Waals surface area contributed by atoms with Gasteiger partial charge in [0.15, 0.2) is 0 Å². The van der Waals surface area contributed by atoms with Crippen LogP contribution in [0.4, 0.5) is 0 Å². The lowest BCUT2D eigenvalue weighted by Crippen LogP contribution is -2.39. The molecule has 2 aliphatic heterocycles. The van der Waals surface area contributed by atoms with Gasteiger partial charge in [0.05, 0.1) is 39.6 Å². The van der Waals surface area contributed by atoms with E-state index in [9.17, 15) is 0 Å². The number of hydrogen-bond donors (Lipinski definition) is 0. The summed E-state index contributed by atoms with van der Waals surface area (Å²) in [4.78, 5) is 0. The average molecular weight is 295 g/mol. The van der Waals surface area contributed by atoms with Crippen molar-refractivity contribution >= 4 is 10.2 Å². The number of fused-ring (bicyclic) bond motifs is 2. The fourth-order valence-electron chi connectivity index (χ4n) is 4.05. The van der Waals surface area contributed by atoms with Gasteiger partial charge in [0, 0.05) is 15.7 Å². The minimum Gasteiger partial charge on any atom is -0.378 e. The number of rotatable bonds is 8. The highest BCUT2D eigenvalue weighted by Gasteiger charge is 2.54. The molecule has 0 amide bonds. The van der Waals surface area contributed by atoms with Gasteiger partial charge in [-0.3, -0.25) is 0 Å². The normalized spacial score (nSPS) is 48.8. The molecule has 2 aliphatic carbocycles. The van der Waals surface area contributed by atoms with Crippen molar-refractivity contribution in [2.24, 2.45) is 17.3 Å². The van der Waals surface area contributed by atoms with Crippen molar-refractivity contribution < 1.29 is 18.9 Å². The highest BCUT2D eigenvalue weighted by Crippen LogP contribution is 2.60. The topological polar surface area (TPSA) is 43.5 Å². The van der Waals surface area contributed by atoms with Crippen LogP contribution in [0.15, 0.2) is 0 Å². The molecule has 2 heterocycles. The SMILES string of the molecule is [Si]C1CC2CC1CC2(COCC1CO1)COCC1CO1. The molecule has 5 atom stereocenters. The molecule has 2 saturated carbocycles. The van der Waals surface area contributed by atoms with Crippen LogP contribution in [0.2, 0.25) is 5.54 Å². The molecule has 0 aromatic carbocycles. The van der Waals surface area contributed by atoms with Crippen LogP contribution in [-0.2, 0) is 18.9 Å². The maximum atomic E-state index is 5.95. The second-order valence-corrected chi connectivity index (χ2v) is 7.78. The molecule has 2 bridgehead atoms. The van der Waals surface area contributed by atoms with E-state index in [0.717, 1.165) is 51.5 Å². The Kier molecular flexibility index (Phi) is 3.67. The van der Waals surface area contributed by atoms with Crippen molar-refractivity contribution in [3.05, 3.63) is 0 Å². The van der Waals surface area contributed by atoms with E-state index in [4.69, 9.17) is 18.9 Å². The Balaban J connectivity index is 1.33. The number of hydrogen-bond acceptors (Lipinski definition) is 4. The molecule has 0 N–H and O–H groups in total. The third kappa shape index (κ3) is 2.83. The van der Waals surface area contributed by atoms with E-state index >= 15 is 0 Å². The Labute approximate surface area is 123 Å². The van der Waals surface area contributed by atoms with Crippen LogP contribution in [-0.4, -0.2) is 62.1 Å². The van der Waals surface area contributed by atoms with Crippen molar-refractivity contribution in [1.29, 1.82) is 0 Å². The summed E-state index contributed by atoms with van der Waals surface area (Å²) >= 11 is 0. The summed E-state index contributed by atoms with van der Waals surface area (Å²) in [6.07, 6.45) is 4.56.